The highest BCUT2D eigenvalue weighted by Crippen LogP contribution is 2.30. The van der Waals surface area contributed by atoms with Crippen molar-refractivity contribution in [2.24, 2.45) is 0 Å². The van der Waals surface area contributed by atoms with Crippen LogP contribution in [-0.2, 0) is 9.59 Å². The SMILES string of the molecule is CC1=C(O)C(=O)C(C)(O)N1CC(=O)O. The number of Topliss-reactive ketones (excluding diaryl/α,β-unsaturated/α-hetero) is 1. The number of carbonyl (C=O) groups excluding carboxylic acids is 1. The number of hydrogen-bond donors (Lipinski definition) is 3. The molecule has 0 aromatic carbocycles. The summed E-state index contributed by atoms with van der Waals surface area (Å²) in [6.07, 6.45) is 0. The monoisotopic (exact) mass is 201 g/mol. The number of carbonyl (C=O) groups is 2. The lowest BCUT2D eigenvalue weighted by Crippen LogP contribution is -2.48. The van der Waals surface area contributed by atoms with E-state index in [1.807, 2.05) is 0 Å². The molecule has 0 amide bonds. The number of aliphatic hydroxyl groups is 2. The molecule has 0 bridgehead atoms. The molecule has 0 radical (unpaired) electrons. The van der Waals surface area contributed by atoms with Gasteiger partial charge in [-0.1, -0.05) is 0 Å². The first-order valence-corrected chi connectivity index (χ1v) is 3.95. The molecule has 0 saturated heterocycles. The molecule has 14 heavy (non-hydrogen) atoms. The Morgan fingerprint density at radius 2 is 2.07 bits per heavy atom. The fraction of sp³-hybridized carbons (Fsp3) is 0.500. The Morgan fingerprint density at radius 3 is 2.36 bits per heavy atom. The van der Waals surface area contributed by atoms with Gasteiger partial charge in [-0.05, 0) is 13.8 Å². The zero-order valence-electron chi connectivity index (χ0n) is 7.81. The van der Waals surface area contributed by atoms with E-state index in [-0.39, 0.29) is 5.70 Å². The van der Waals surface area contributed by atoms with Crippen molar-refractivity contribution in [1.82, 2.24) is 4.90 Å². The van der Waals surface area contributed by atoms with Gasteiger partial charge in [0.15, 0.2) is 5.76 Å². The quantitative estimate of drug-likeness (QED) is 0.554. The fourth-order valence-corrected chi connectivity index (χ4v) is 1.37. The lowest BCUT2D eigenvalue weighted by atomic mass is 10.1. The summed E-state index contributed by atoms with van der Waals surface area (Å²) in [6, 6.07) is 0. The number of allylic oxidation sites excluding steroid dienone is 1. The van der Waals surface area contributed by atoms with Crippen LogP contribution in [0.4, 0.5) is 0 Å². The average Bonchev–Trinajstić information content (AvgIpc) is 2.20. The molecule has 6 heteroatoms. The van der Waals surface area contributed by atoms with Crippen molar-refractivity contribution in [3.8, 4) is 0 Å². The molecule has 1 aliphatic heterocycles. The molecule has 1 rings (SSSR count). The molecule has 78 valence electrons. The summed E-state index contributed by atoms with van der Waals surface area (Å²) in [7, 11) is 0. The Balaban J connectivity index is 3.05. The van der Waals surface area contributed by atoms with E-state index in [1.54, 1.807) is 0 Å². The summed E-state index contributed by atoms with van der Waals surface area (Å²) in [5.74, 6) is -2.65. The Morgan fingerprint density at radius 1 is 1.57 bits per heavy atom. The topological polar surface area (TPSA) is 98.1 Å². The third-order valence-corrected chi connectivity index (χ3v) is 2.21. The maximum atomic E-state index is 11.2. The first-order valence-electron chi connectivity index (χ1n) is 3.95. The lowest BCUT2D eigenvalue weighted by molar-refractivity contribution is -0.152. The van der Waals surface area contributed by atoms with Crippen LogP contribution in [0.1, 0.15) is 13.8 Å². The van der Waals surface area contributed by atoms with Crippen LogP contribution >= 0.6 is 0 Å². The molecule has 3 N–H and O–H groups in total. The van der Waals surface area contributed by atoms with Crippen molar-refractivity contribution in [2.45, 2.75) is 19.6 Å². The summed E-state index contributed by atoms with van der Waals surface area (Å²) >= 11 is 0. The largest absolute Gasteiger partial charge is 0.503 e. The average molecular weight is 201 g/mol. The molecule has 0 aromatic heterocycles. The normalized spacial score (nSPS) is 27.4. The van der Waals surface area contributed by atoms with E-state index in [0.717, 1.165) is 11.8 Å². The fourth-order valence-electron chi connectivity index (χ4n) is 1.37. The lowest BCUT2D eigenvalue weighted by Gasteiger charge is -2.29. The molecule has 1 heterocycles. The van der Waals surface area contributed by atoms with Crippen LogP contribution in [-0.4, -0.2) is 44.2 Å². The first kappa shape index (κ1) is 10.5. The number of ketones is 1. The van der Waals surface area contributed by atoms with E-state index < -0.39 is 29.8 Å². The standard InChI is InChI=1S/C8H11NO5/c1-4-6(12)7(13)8(2,14)9(4)3-5(10)11/h12,14H,3H2,1-2H3,(H,10,11). The zero-order chi connectivity index (χ0) is 11.1. The van der Waals surface area contributed by atoms with E-state index >= 15 is 0 Å². The molecule has 0 aromatic rings. The second kappa shape index (κ2) is 2.98. The van der Waals surface area contributed by atoms with Gasteiger partial charge in [0.1, 0.15) is 6.54 Å². The number of carboxylic acid groups (broad SMARTS) is 1. The maximum absolute atomic E-state index is 11.2. The molecule has 1 unspecified atom stereocenters. The van der Waals surface area contributed by atoms with Gasteiger partial charge in [-0.25, -0.2) is 0 Å². The Kier molecular flexibility index (Phi) is 2.24. The summed E-state index contributed by atoms with van der Waals surface area (Å²) in [5.41, 5.74) is -1.89. The highest BCUT2D eigenvalue weighted by Gasteiger charge is 2.47. The highest BCUT2D eigenvalue weighted by molar-refractivity contribution is 6.02. The summed E-state index contributed by atoms with van der Waals surface area (Å²) in [5, 5.41) is 27.4. The van der Waals surface area contributed by atoms with Crippen LogP contribution in [0.25, 0.3) is 0 Å². The number of aliphatic hydroxyl groups excluding tert-OH is 1. The van der Waals surface area contributed by atoms with Gasteiger partial charge in [0, 0.05) is 0 Å². The van der Waals surface area contributed by atoms with Crippen molar-refractivity contribution in [2.75, 3.05) is 6.54 Å². The van der Waals surface area contributed by atoms with Crippen molar-refractivity contribution in [3.05, 3.63) is 11.5 Å². The second-order valence-corrected chi connectivity index (χ2v) is 3.26. The predicted octanol–water partition coefficient (Wildman–Crippen LogP) is -0.546. The van der Waals surface area contributed by atoms with Gasteiger partial charge in [-0.15, -0.1) is 0 Å². The summed E-state index contributed by atoms with van der Waals surface area (Å²) in [4.78, 5) is 22.6. The van der Waals surface area contributed by atoms with Gasteiger partial charge < -0.3 is 20.2 Å². The van der Waals surface area contributed by atoms with Gasteiger partial charge in [0.2, 0.25) is 5.72 Å². The van der Waals surface area contributed by atoms with Crippen molar-refractivity contribution in [1.29, 1.82) is 0 Å². The molecule has 0 aliphatic carbocycles. The van der Waals surface area contributed by atoms with Crippen molar-refractivity contribution < 1.29 is 24.9 Å². The molecule has 0 spiro atoms. The van der Waals surface area contributed by atoms with Crippen LogP contribution in [0, 0.1) is 0 Å². The zero-order valence-corrected chi connectivity index (χ0v) is 7.81. The number of nitrogens with zero attached hydrogens (tertiary/aromatic N) is 1. The smallest absolute Gasteiger partial charge is 0.323 e. The minimum absolute atomic E-state index is 0.0717. The minimum atomic E-state index is -1.97. The van der Waals surface area contributed by atoms with E-state index in [2.05, 4.69) is 0 Å². The van der Waals surface area contributed by atoms with Gasteiger partial charge in [-0.2, -0.15) is 0 Å². The van der Waals surface area contributed by atoms with Crippen LogP contribution in [0.5, 0.6) is 0 Å². The van der Waals surface area contributed by atoms with Crippen LogP contribution in [0.2, 0.25) is 0 Å². The summed E-state index contributed by atoms with van der Waals surface area (Å²) in [6.45, 7) is 1.98. The molecular formula is C8H11NO5. The molecule has 1 aliphatic rings. The van der Waals surface area contributed by atoms with Crippen LogP contribution in [0.15, 0.2) is 11.5 Å². The highest BCUT2D eigenvalue weighted by atomic mass is 16.4. The number of hydrogen-bond acceptors (Lipinski definition) is 5. The van der Waals surface area contributed by atoms with E-state index in [1.165, 1.54) is 6.92 Å². The second-order valence-electron chi connectivity index (χ2n) is 3.26. The van der Waals surface area contributed by atoms with Gasteiger partial charge >= 0.3 is 5.97 Å². The Labute approximate surface area is 80.1 Å². The summed E-state index contributed by atoms with van der Waals surface area (Å²) < 4.78 is 0. The first-order chi connectivity index (χ1) is 6.28. The van der Waals surface area contributed by atoms with E-state index in [0.29, 0.717) is 0 Å². The number of carboxylic acids is 1. The third kappa shape index (κ3) is 1.33. The van der Waals surface area contributed by atoms with Gasteiger partial charge in [-0.3, -0.25) is 9.59 Å². The van der Waals surface area contributed by atoms with E-state index in [9.17, 15) is 19.8 Å². The van der Waals surface area contributed by atoms with Gasteiger partial charge in [0.05, 0.1) is 5.70 Å². The number of aliphatic carboxylic acids is 1. The molecular weight excluding hydrogens is 190 g/mol. The van der Waals surface area contributed by atoms with Crippen molar-refractivity contribution >= 4 is 11.8 Å². The minimum Gasteiger partial charge on any atom is -0.503 e. The molecule has 0 saturated carbocycles. The van der Waals surface area contributed by atoms with Crippen LogP contribution < -0.4 is 0 Å². The predicted molar refractivity (Wildman–Crippen MR) is 45.3 cm³/mol. The number of rotatable bonds is 2. The molecule has 0 fully saturated rings. The van der Waals surface area contributed by atoms with Gasteiger partial charge in [0.25, 0.3) is 5.78 Å². The Bertz CT molecular complexity index is 331. The third-order valence-electron chi connectivity index (χ3n) is 2.21. The van der Waals surface area contributed by atoms with Crippen molar-refractivity contribution in [3.63, 3.8) is 0 Å². The molecule has 6 nitrogen and oxygen atoms in total. The maximum Gasteiger partial charge on any atom is 0.323 e. The molecule has 1 atom stereocenters. The van der Waals surface area contributed by atoms with E-state index in [4.69, 9.17) is 5.11 Å². The Hall–Kier alpha value is -1.56. The van der Waals surface area contributed by atoms with Crippen LogP contribution in [0.3, 0.4) is 0 Å².